The van der Waals surface area contributed by atoms with Gasteiger partial charge in [0.2, 0.25) is 11.7 Å². The van der Waals surface area contributed by atoms with Crippen molar-refractivity contribution in [2.75, 3.05) is 11.9 Å². The summed E-state index contributed by atoms with van der Waals surface area (Å²) in [6, 6.07) is 8.29. The molecule has 114 valence electrons. The third-order valence-corrected chi connectivity index (χ3v) is 3.83. The number of benzene rings is 1. The second-order valence-electron chi connectivity index (χ2n) is 4.69. The van der Waals surface area contributed by atoms with E-state index in [9.17, 15) is 14.4 Å². The monoisotopic (exact) mass is 317 g/mol. The number of nitrogens with one attached hydrogen (secondary N) is 1. The number of Topliss-reactive ketones (excluding diaryl/α,β-unsaturated/α-hetero) is 1. The molecule has 0 saturated carbocycles. The van der Waals surface area contributed by atoms with E-state index < -0.39 is 5.97 Å². The summed E-state index contributed by atoms with van der Waals surface area (Å²) in [5, 5.41) is 4.43. The molecule has 1 amide bonds. The first-order valence-corrected chi connectivity index (χ1v) is 7.47. The van der Waals surface area contributed by atoms with E-state index >= 15 is 0 Å². The van der Waals surface area contributed by atoms with Crippen LogP contribution in [0.2, 0.25) is 0 Å². The first-order valence-electron chi connectivity index (χ1n) is 6.59. The van der Waals surface area contributed by atoms with Crippen LogP contribution in [0.5, 0.6) is 0 Å². The topological polar surface area (TPSA) is 72.5 Å². The lowest BCUT2D eigenvalue weighted by molar-refractivity contribution is -0.114. The van der Waals surface area contributed by atoms with Gasteiger partial charge < -0.3 is 10.1 Å². The predicted octanol–water partition coefficient (Wildman–Crippen LogP) is 3.05. The number of ether oxygens (including phenoxy) is 1. The maximum atomic E-state index is 12.0. The maximum Gasteiger partial charge on any atom is 0.338 e. The minimum absolute atomic E-state index is 0.221. The Morgan fingerprint density at radius 1 is 1.23 bits per heavy atom. The first-order chi connectivity index (χ1) is 10.5. The average molecular weight is 317 g/mol. The van der Waals surface area contributed by atoms with Crippen molar-refractivity contribution < 1.29 is 19.1 Å². The Hall–Kier alpha value is -2.47. The van der Waals surface area contributed by atoms with Crippen LogP contribution in [0.3, 0.4) is 0 Å². The number of hydrogen-bond donors (Lipinski definition) is 1. The molecule has 0 unspecified atom stereocenters. The quantitative estimate of drug-likeness (QED) is 0.679. The molecule has 0 bridgehead atoms. The molecule has 0 atom stereocenters. The average Bonchev–Trinajstić information content (AvgIpc) is 3.00. The van der Waals surface area contributed by atoms with E-state index in [0.29, 0.717) is 10.6 Å². The molecule has 0 aliphatic heterocycles. The van der Waals surface area contributed by atoms with Gasteiger partial charge >= 0.3 is 5.97 Å². The summed E-state index contributed by atoms with van der Waals surface area (Å²) >= 11 is 1.30. The lowest BCUT2D eigenvalue weighted by Gasteiger charge is -2.09. The molecule has 1 aromatic heterocycles. The number of hydrogen-bond acceptors (Lipinski definition) is 5. The maximum absolute atomic E-state index is 12.0. The van der Waals surface area contributed by atoms with Crippen LogP contribution >= 0.6 is 11.3 Å². The van der Waals surface area contributed by atoms with Crippen LogP contribution in [-0.4, -0.2) is 24.3 Å². The third kappa shape index (κ3) is 4.02. The van der Waals surface area contributed by atoms with E-state index in [1.807, 2.05) is 6.92 Å². The Bertz CT molecular complexity index is 707. The van der Waals surface area contributed by atoms with Gasteiger partial charge in [0.05, 0.1) is 10.4 Å². The van der Waals surface area contributed by atoms with Gasteiger partial charge in [0, 0.05) is 12.6 Å². The van der Waals surface area contributed by atoms with Gasteiger partial charge in [-0.05, 0) is 36.1 Å². The molecule has 0 aliphatic rings. The van der Waals surface area contributed by atoms with Crippen molar-refractivity contribution in [2.24, 2.45) is 0 Å². The number of ketones is 1. The number of thiophene rings is 1. The van der Waals surface area contributed by atoms with Crippen LogP contribution < -0.4 is 5.32 Å². The molecule has 0 fully saturated rings. The van der Waals surface area contributed by atoms with Gasteiger partial charge in [-0.2, -0.15) is 0 Å². The predicted molar refractivity (Wildman–Crippen MR) is 84.4 cm³/mol. The minimum atomic E-state index is -0.600. The lowest BCUT2D eigenvalue weighted by Crippen LogP contribution is -2.14. The molecular formula is C16H15NO4S. The van der Waals surface area contributed by atoms with Gasteiger partial charge in [-0.15, -0.1) is 11.3 Å². The zero-order valence-electron chi connectivity index (χ0n) is 12.2. The number of esters is 1. The van der Waals surface area contributed by atoms with E-state index in [2.05, 4.69) is 5.32 Å². The van der Waals surface area contributed by atoms with E-state index in [4.69, 9.17) is 4.74 Å². The Morgan fingerprint density at radius 3 is 2.64 bits per heavy atom. The number of rotatable bonds is 5. The molecule has 1 N–H and O–H groups in total. The SMILES string of the molecule is CC(=O)Nc1cc(C(=O)OCC(=O)c2cccs2)ccc1C. The summed E-state index contributed by atoms with van der Waals surface area (Å²) in [7, 11) is 0. The van der Waals surface area contributed by atoms with Crippen LogP contribution in [0.15, 0.2) is 35.7 Å². The molecule has 6 heteroatoms. The Labute approximate surface area is 131 Å². The molecule has 22 heavy (non-hydrogen) atoms. The number of carbonyl (C=O) groups excluding carboxylic acids is 3. The van der Waals surface area contributed by atoms with Crippen LogP contribution in [0.1, 0.15) is 32.5 Å². The number of anilines is 1. The first kappa shape index (κ1) is 15.9. The van der Waals surface area contributed by atoms with Crippen LogP contribution in [0, 0.1) is 6.92 Å². The van der Waals surface area contributed by atoms with Crippen molar-refractivity contribution in [3.8, 4) is 0 Å². The fourth-order valence-electron chi connectivity index (χ4n) is 1.80. The van der Waals surface area contributed by atoms with Crippen molar-refractivity contribution in [3.05, 3.63) is 51.7 Å². The molecule has 1 aromatic carbocycles. The van der Waals surface area contributed by atoms with E-state index in [1.54, 1.807) is 29.6 Å². The summed E-state index contributed by atoms with van der Waals surface area (Å²) in [6.45, 7) is 2.91. The highest BCUT2D eigenvalue weighted by Crippen LogP contribution is 2.18. The number of amides is 1. The minimum Gasteiger partial charge on any atom is -0.454 e. The van der Waals surface area contributed by atoms with Crippen LogP contribution in [0.4, 0.5) is 5.69 Å². The number of aryl methyl sites for hydroxylation is 1. The van der Waals surface area contributed by atoms with Crippen molar-refractivity contribution in [3.63, 3.8) is 0 Å². The fourth-order valence-corrected chi connectivity index (χ4v) is 2.45. The second kappa shape index (κ2) is 7.00. The fraction of sp³-hybridized carbons (Fsp3) is 0.188. The van der Waals surface area contributed by atoms with Crippen molar-refractivity contribution in [1.29, 1.82) is 0 Å². The Morgan fingerprint density at radius 2 is 2.00 bits per heavy atom. The molecule has 1 heterocycles. The largest absolute Gasteiger partial charge is 0.454 e. The normalized spacial score (nSPS) is 10.1. The molecule has 0 spiro atoms. The summed E-state index contributed by atoms with van der Waals surface area (Å²) in [5.41, 5.74) is 1.67. The number of carbonyl (C=O) groups is 3. The van der Waals surface area contributed by atoms with Crippen LogP contribution in [-0.2, 0) is 9.53 Å². The summed E-state index contributed by atoms with van der Waals surface area (Å²) in [4.78, 5) is 35.4. The highest BCUT2D eigenvalue weighted by atomic mass is 32.1. The van der Waals surface area contributed by atoms with Crippen LogP contribution in [0.25, 0.3) is 0 Å². The molecular weight excluding hydrogens is 302 g/mol. The molecule has 2 aromatic rings. The Balaban J connectivity index is 2.03. The third-order valence-electron chi connectivity index (χ3n) is 2.91. The van der Waals surface area contributed by atoms with Crippen molar-refractivity contribution in [1.82, 2.24) is 0 Å². The summed E-state index contributed by atoms with van der Waals surface area (Å²) in [5.74, 6) is -1.06. The highest BCUT2D eigenvalue weighted by Gasteiger charge is 2.14. The summed E-state index contributed by atoms with van der Waals surface area (Å²) < 4.78 is 5.02. The molecule has 0 saturated heterocycles. The zero-order valence-corrected chi connectivity index (χ0v) is 13.0. The summed E-state index contributed by atoms with van der Waals surface area (Å²) in [6.07, 6.45) is 0. The molecule has 2 rings (SSSR count). The van der Waals surface area contributed by atoms with Crippen molar-refractivity contribution >= 4 is 34.7 Å². The lowest BCUT2D eigenvalue weighted by atomic mass is 10.1. The van der Waals surface area contributed by atoms with Gasteiger partial charge in [-0.25, -0.2) is 4.79 Å². The molecule has 0 aliphatic carbocycles. The van der Waals surface area contributed by atoms with Gasteiger partial charge in [0.1, 0.15) is 0 Å². The van der Waals surface area contributed by atoms with E-state index in [-0.39, 0.29) is 23.9 Å². The molecule has 0 radical (unpaired) electrons. The molecule has 5 nitrogen and oxygen atoms in total. The standard InChI is InChI=1S/C16H15NO4S/c1-10-5-6-12(8-13(10)17-11(2)18)16(20)21-9-14(19)15-4-3-7-22-15/h3-8H,9H2,1-2H3,(H,17,18). The van der Waals surface area contributed by atoms with Gasteiger partial charge in [0.15, 0.2) is 6.61 Å². The zero-order chi connectivity index (χ0) is 16.1. The van der Waals surface area contributed by atoms with Gasteiger partial charge in [0.25, 0.3) is 0 Å². The van der Waals surface area contributed by atoms with E-state index in [1.165, 1.54) is 24.3 Å². The highest BCUT2D eigenvalue weighted by molar-refractivity contribution is 7.12. The van der Waals surface area contributed by atoms with Crippen molar-refractivity contribution in [2.45, 2.75) is 13.8 Å². The Kier molecular flexibility index (Phi) is 5.06. The van der Waals surface area contributed by atoms with Gasteiger partial charge in [-0.3, -0.25) is 9.59 Å². The van der Waals surface area contributed by atoms with Gasteiger partial charge in [-0.1, -0.05) is 12.1 Å². The second-order valence-corrected chi connectivity index (χ2v) is 5.64. The smallest absolute Gasteiger partial charge is 0.338 e. The van der Waals surface area contributed by atoms with E-state index in [0.717, 1.165) is 5.56 Å².